The number of benzene rings is 1. The lowest BCUT2D eigenvalue weighted by molar-refractivity contribution is 0.0100. The van der Waals surface area contributed by atoms with E-state index in [1.54, 1.807) is 11.8 Å². The Bertz CT molecular complexity index is 539. The minimum Gasteiger partial charge on any atom is -0.381 e. The third kappa shape index (κ3) is 2.30. The molecule has 0 spiro atoms. The van der Waals surface area contributed by atoms with Gasteiger partial charge in [-0.2, -0.15) is 0 Å². The van der Waals surface area contributed by atoms with E-state index in [0.29, 0.717) is 22.9 Å². The SMILES string of the molecule is NC1=NC2(c3ccc(F)c(Br)c3)CCOCC2CS1. The van der Waals surface area contributed by atoms with Crippen LogP contribution in [0.1, 0.15) is 12.0 Å². The van der Waals surface area contributed by atoms with Gasteiger partial charge in [0.1, 0.15) is 5.82 Å². The molecular formula is C13H14BrFN2OS. The van der Waals surface area contributed by atoms with Gasteiger partial charge in [-0.05, 0) is 33.6 Å². The number of nitrogens with two attached hydrogens (primary N) is 1. The molecule has 1 aromatic carbocycles. The largest absolute Gasteiger partial charge is 0.381 e. The van der Waals surface area contributed by atoms with Crippen LogP contribution in [0.4, 0.5) is 4.39 Å². The van der Waals surface area contributed by atoms with Crippen LogP contribution in [0.15, 0.2) is 27.7 Å². The van der Waals surface area contributed by atoms with Gasteiger partial charge in [0.15, 0.2) is 5.17 Å². The molecule has 102 valence electrons. The average Bonchev–Trinajstić information content (AvgIpc) is 2.41. The molecule has 0 bridgehead atoms. The molecule has 0 saturated carbocycles. The van der Waals surface area contributed by atoms with Crippen molar-refractivity contribution in [3.05, 3.63) is 34.1 Å². The van der Waals surface area contributed by atoms with Crippen LogP contribution in [0.2, 0.25) is 0 Å². The van der Waals surface area contributed by atoms with E-state index < -0.39 is 0 Å². The minimum atomic E-state index is -0.357. The van der Waals surface area contributed by atoms with Crippen LogP contribution >= 0.6 is 27.7 Å². The van der Waals surface area contributed by atoms with Crippen molar-refractivity contribution in [3.63, 3.8) is 0 Å². The lowest BCUT2D eigenvalue weighted by Crippen LogP contribution is -2.46. The molecule has 2 aliphatic rings. The van der Waals surface area contributed by atoms with Crippen molar-refractivity contribution in [1.29, 1.82) is 0 Å². The van der Waals surface area contributed by atoms with Gasteiger partial charge in [0.2, 0.25) is 0 Å². The maximum absolute atomic E-state index is 13.4. The van der Waals surface area contributed by atoms with Crippen molar-refractivity contribution in [2.45, 2.75) is 12.0 Å². The number of hydrogen-bond acceptors (Lipinski definition) is 4. The molecule has 6 heteroatoms. The predicted molar refractivity (Wildman–Crippen MR) is 78.8 cm³/mol. The summed E-state index contributed by atoms with van der Waals surface area (Å²) in [5.41, 5.74) is 6.57. The second kappa shape index (κ2) is 5.07. The molecule has 1 aromatic rings. The second-order valence-electron chi connectivity index (χ2n) is 4.84. The van der Waals surface area contributed by atoms with Crippen LogP contribution in [-0.2, 0) is 10.3 Å². The summed E-state index contributed by atoms with van der Waals surface area (Å²) in [5, 5.41) is 0.610. The summed E-state index contributed by atoms with van der Waals surface area (Å²) in [6.45, 7) is 1.34. The van der Waals surface area contributed by atoms with Gasteiger partial charge in [-0.3, -0.25) is 4.99 Å². The van der Waals surface area contributed by atoms with Gasteiger partial charge in [0, 0.05) is 24.7 Å². The molecule has 3 rings (SSSR count). The predicted octanol–water partition coefficient (Wildman–Crippen LogP) is 2.88. The number of nitrogens with zero attached hydrogens (tertiary/aromatic N) is 1. The maximum Gasteiger partial charge on any atom is 0.154 e. The fraction of sp³-hybridized carbons (Fsp3) is 0.462. The molecule has 2 atom stereocenters. The van der Waals surface area contributed by atoms with E-state index in [1.165, 1.54) is 6.07 Å². The second-order valence-corrected chi connectivity index (χ2v) is 6.73. The van der Waals surface area contributed by atoms with Crippen molar-refractivity contribution in [2.24, 2.45) is 16.6 Å². The molecule has 2 unspecified atom stereocenters. The highest BCUT2D eigenvalue weighted by Crippen LogP contribution is 2.45. The first-order chi connectivity index (χ1) is 9.12. The third-order valence-corrected chi connectivity index (χ3v) is 5.35. The highest BCUT2D eigenvalue weighted by Gasteiger charge is 2.45. The Hall–Kier alpha value is -0.590. The highest BCUT2D eigenvalue weighted by molar-refractivity contribution is 9.10. The molecule has 3 nitrogen and oxygen atoms in total. The number of aliphatic imine (C=N–C) groups is 1. The molecule has 0 aromatic heterocycles. The minimum absolute atomic E-state index is 0.258. The molecule has 0 radical (unpaired) electrons. The number of hydrogen-bond donors (Lipinski definition) is 1. The van der Waals surface area contributed by atoms with Gasteiger partial charge in [-0.15, -0.1) is 0 Å². The molecule has 2 aliphatic heterocycles. The smallest absolute Gasteiger partial charge is 0.154 e. The zero-order valence-corrected chi connectivity index (χ0v) is 12.6. The molecule has 19 heavy (non-hydrogen) atoms. The Morgan fingerprint density at radius 2 is 2.37 bits per heavy atom. The van der Waals surface area contributed by atoms with E-state index in [1.807, 2.05) is 12.1 Å². The quantitative estimate of drug-likeness (QED) is 0.851. The van der Waals surface area contributed by atoms with Crippen LogP contribution in [0.25, 0.3) is 0 Å². The number of fused-ring (bicyclic) bond motifs is 1. The van der Waals surface area contributed by atoms with Crippen LogP contribution in [0.3, 0.4) is 0 Å². The molecule has 0 aliphatic carbocycles. The first kappa shape index (κ1) is 13.4. The summed E-state index contributed by atoms with van der Waals surface area (Å²) >= 11 is 4.82. The topological polar surface area (TPSA) is 47.6 Å². The van der Waals surface area contributed by atoms with Gasteiger partial charge in [0.05, 0.1) is 16.6 Å². The Morgan fingerprint density at radius 3 is 3.16 bits per heavy atom. The number of thioether (sulfide) groups is 1. The summed E-state index contributed by atoms with van der Waals surface area (Å²) < 4.78 is 19.5. The summed E-state index contributed by atoms with van der Waals surface area (Å²) in [7, 11) is 0. The van der Waals surface area contributed by atoms with Crippen LogP contribution in [0, 0.1) is 11.7 Å². The third-order valence-electron chi connectivity index (χ3n) is 3.78. The Kier molecular flexibility index (Phi) is 3.57. The number of rotatable bonds is 1. The lowest BCUT2D eigenvalue weighted by atomic mass is 9.76. The standard InChI is InChI=1S/C13H14BrFN2OS/c14-10-5-8(1-2-11(10)15)13-3-4-18-6-9(13)7-19-12(16)17-13/h1-2,5,9H,3-4,6-7H2,(H2,16,17). The van der Waals surface area contributed by atoms with Crippen molar-refractivity contribution in [1.82, 2.24) is 0 Å². The first-order valence-corrected chi connectivity index (χ1v) is 7.91. The summed E-state index contributed by atoms with van der Waals surface area (Å²) in [4.78, 5) is 4.71. The summed E-state index contributed by atoms with van der Waals surface area (Å²) in [6.07, 6.45) is 0.789. The van der Waals surface area contributed by atoms with Gasteiger partial charge in [0.25, 0.3) is 0 Å². The fourth-order valence-corrected chi connectivity index (χ4v) is 4.10. The van der Waals surface area contributed by atoms with Crippen molar-refractivity contribution in [3.8, 4) is 0 Å². The maximum atomic E-state index is 13.4. The van der Waals surface area contributed by atoms with Crippen LogP contribution in [0.5, 0.6) is 0 Å². The molecular weight excluding hydrogens is 331 g/mol. The van der Waals surface area contributed by atoms with Crippen LogP contribution < -0.4 is 5.73 Å². The average molecular weight is 345 g/mol. The first-order valence-electron chi connectivity index (χ1n) is 6.13. The van der Waals surface area contributed by atoms with E-state index in [4.69, 9.17) is 15.5 Å². The molecule has 1 fully saturated rings. The highest BCUT2D eigenvalue weighted by atomic mass is 79.9. The van der Waals surface area contributed by atoms with Crippen molar-refractivity contribution >= 4 is 32.9 Å². The Labute approximate surface area is 123 Å². The van der Waals surface area contributed by atoms with E-state index >= 15 is 0 Å². The lowest BCUT2D eigenvalue weighted by Gasteiger charge is -2.43. The van der Waals surface area contributed by atoms with E-state index in [2.05, 4.69) is 15.9 Å². The molecule has 2 heterocycles. The fourth-order valence-electron chi connectivity index (χ4n) is 2.75. The molecule has 1 saturated heterocycles. The summed E-state index contributed by atoms with van der Waals surface area (Å²) in [5.74, 6) is 0.923. The van der Waals surface area contributed by atoms with Gasteiger partial charge in [-0.1, -0.05) is 17.8 Å². The Balaban J connectivity index is 2.10. The summed E-state index contributed by atoms with van der Waals surface area (Å²) in [6, 6.07) is 5.11. The number of ether oxygens (including phenoxy) is 1. The number of amidine groups is 1. The van der Waals surface area contributed by atoms with Crippen molar-refractivity contribution in [2.75, 3.05) is 19.0 Å². The van der Waals surface area contributed by atoms with Gasteiger partial charge in [-0.25, -0.2) is 4.39 Å². The molecule has 2 N–H and O–H groups in total. The van der Waals surface area contributed by atoms with Gasteiger partial charge >= 0.3 is 0 Å². The Morgan fingerprint density at radius 1 is 1.53 bits per heavy atom. The van der Waals surface area contributed by atoms with Gasteiger partial charge < -0.3 is 10.5 Å². The van der Waals surface area contributed by atoms with E-state index in [0.717, 1.165) is 17.7 Å². The zero-order valence-electron chi connectivity index (χ0n) is 10.2. The van der Waals surface area contributed by atoms with E-state index in [9.17, 15) is 4.39 Å². The number of halogens is 2. The van der Waals surface area contributed by atoms with Crippen LogP contribution in [-0.4, -0.2) is 24.1 Å². The normalized spacial score (nSPS) is 30.6. The van der Waals surface area contributed by atoms with E-state index in [-0.39, 0.29) is 17.3 Å². The molecule has 0 amide bonds. The zero-order chi connectivity index (χ0) is 13.5. The van der Waals surface area contributed by atoms with Crippen molar-refractivity contribution < 1.29 is 9.13 Å². The monoisotopic (exact) mass is 344 g/mol.